The minimum atomic E-state index is 0.498. The molecule has 1 fully saturated rings. The Morgan fingerprint density at radius 1 is 1.33 bits per heavy atom. The van der Waals surface area contributed by atoms with E-state index in [0.29, 0.717) is 15.5 Å². The maximum atomic E-state index is 5.78. The summed E-state index contributed by atoms with van der Waals surface area (Å²) in [5, 5.41) is 1.40. The van der Waals surface area contributed by atoms with Gasteiger partial charge in [0.2, 0.25) is 0 Å². The first kappa shape index (κ1) is 13.8. The van der Waals surface area contributed by atoms with Gasteiger partial charge in [-0.2, -0.15) is 11.8 Å². The molecule has 0 aromatic heterocycles. The van der Waals surface area contributed by atoms with Gasteiger partial charge < -0.3 is 5.73 Å². The van der Waals surface area contributed by atoms with Gasteiger partial charge in [-0.1, -0.05) is 50.3 Å². The SMILES string of the molecule is CC1CN(Cc2ccccc2C(N)=S)CC(C)S1. The third-order valence-electron chi connectivity index (χ3n) is 3.17. The van der Waals surface area contributed by atoms with Crippen LogP contribution in [0.5, 0.6) is 0 Å². The topological polar surface area (TPSA) is 29.3 Å². The summed E-state index contributed by atoms with van der Waals surface area (Å²) in [5.41, 5.74) is 8.05. The molecule has 0 amide bonds. The van der Waals surface area contributed by atoms with Gasteiger partial charge in [0.15, 0.2) is 0 Å². The van der Waals surface area contributed by atoms with Crippen molar-refractivity contribution in [1.29, 1.82) is 0 Å². The molecule has 0 aliphatic carbocycles. The minimum absolute atomic E-state index is 0.498. The van der Waals surface area contributed by atoms with Crippen LogP contribution in [0, 0.1) is 0 Å². The second-order valence-electron chi connectivity index (χ2n) is 4.97. The fraction of sp³-hybridized carbons (Fsp3) is 0.500. The zero-order valence-corrected chi connectivity index (χ0v) is 12.6. The number of rotatable bonds is 3. The van der Waals surface area contributed by atoms with Gasteiger partial charge in [-0.05, 0) is 5.56 Å². The first-order chi connectivity index (χ1) is 8.56. The Morgan fingerprint density at radius 3 is 2.56 bits per heavy atom. The predicted octanol–water partition coefficient (Wildman–Crippen LogP) is 2.65. The van der Waals surface area contributed by atoms with E-state index in [0.717, 1.165) is 25.2 Å². The van der Waals surface area contributed by atoms with Crippen molar-refractivity contribution >= 4 is 29.0 Å². The molecule has 0 bridgehead atoms. The lowest BCUT2D eigenvalue weighted by molar-refractivity contribution is 0.263. The van der Waals surface area contributed by atoms with E-state index in [1.54, 1.807) is 0 Å². The Bertz CT molecular complexity index is 424. The molecule has 98 valence electrons. The zero-order chi connectivity index (χ0) is 13.1. The van der Waals surface area contributed by atoms with Crippen molar-refractivity contribution in [2.75, 3.05) is 13.1 Å². The maximum Gasteiger partial charge on any atom is 0.104 e. The maximum absolute atomic E-state index is 5.78. The molecule has 0 saturated carbocycles. The van der Waals surface area contributed by atoms with E-state index in [1.165, 1.54) is 5.56 Å². The van der Waals surface area contributed by atoms with Crippen LogP contribution >= 0.6 is 24.0 Å². The second-order valence-corrected chi connectivity index (χ2v) is 7.29. The molecule has 2 N–H and O–H groups in total. The van der Waals surface area contributed by atoms with Crippen molar-refractivity contribution in [3.8, 4) is 0 Å². The number of nitrogens with zero attached hydrogens (tertiary/aromatic N) is 1. The fourth-order valence-electron chi connectivity index (χ4n) is 2.55. The number of hydrogen-bond acceptors (Lipinski definition) is 3. The summed E-state index contributed by atoms with van der Waals surface area (Å²) in [4.78, 5) is 3.00. The molecule has 2 nitrogen and oxygen atoms in total. The zero-order valence-electron chi connectivity index (χ0n) is 10.9. The van der Waals surface area contributed by atoms with Crippen molar-refractivity contribution in [2.45, 2.75) is 30.9 Å². The van der Waals surface area contributed by atoms with Crippen molar-refractivity contribution in [3.63, 3.8) is 0 Å². The summed E-state index contributed by atoms with van der Waals surface area (Å²) < 4.78 is 0. The molecular formula is C14H20N2S2. The molecule has 1 aromatic carbocycles. The van der Waals surface area contributed by atoms with E-state index in [9.17, 15) is 0 Å². The lowest BCUT2D eigenvalue weighted by Crippen LogP contribution is -2.40. The Kier molecular flexibility index (Phi) is 4.65. The average molecular weight is 280 g/mol. The summed E-state index contributed by atoms with van der Waals surface area (Å²) in [6, 6.07) is 8.20. The molecule has 0 spiro atoms. The Morgan fingerprint density at radius 2 is 1.94 bits per heavy atom. The standard InChI is InChI=1S/C14H20N2S2/c1-10-7-16(8-11(2)18-10)9-12-5-3-4-6-13(12)14(15)17/h3-6,10-11H,7-9H2,1-2H3,(H2,15,17). The van der Waals surface area contributed by atoms with Crippen LogP contribution in [0.25, 0.3) is 0 Å². The number of benzene rings is 1. The van der Waals surface area contributed by atoms with Gasteiger partial charge in [-0.25, -0.2) is 0 Å². The summed E-state index contributed by atoms with van der Waals surface area (Å²) in [7, 11) is 0. The highest BCUT2D eigenvalue weighted by Crippen LogP contribution is 2.26. The molecule has 0 radical (unpaired) electrons. The molecule has 1 aliphatic rings. The monoisotopic (exact) mass is 280 g/mol. The smallest absolute Gasteiger partial charge is 0.104 e. The molecule has 1 heterocycles. The Balaban J connectivity index is 2.11. The highest BCUT2D eigenvalue weighted by atomic mass is 32.2. The normalized spacial score (nSPS) is 25.0. The summed E-state index contributed by atoms with van der Waals surface area (Å²) >= 11 is 7.19. The van der Waals surface area contributed by atoms with Gasteiger partial charge >= 0.3 is 0 Å². The summed E-state index contributed by atoms with van der Waals surface area (Å²) in [6.45, 7) is 7.82. The number of thioether (sulfide) groups is 1. The lowest BCUT2D eigenvalue weighted by Gasteiger charge is -2.34. The van der Waals surface area contributed by atoms with Crippen LogP contribution in [-0.4, -0.2) is 33.5 Å². The molecule has 18 heavy (non-hydrogen) atoms. The third-order valence-corrected chi connectivity index (χ3v) is 4.62. The van der Waals surface area contributed by atoms with Crippen molar-refractivity contribution < 1.29 is 0 Å². The Labute approximate surface area is 119 Å². The van der Waals surface area contributed by atoms with E-state index in [2.05, 4.69) is 42.6 Å². The van der Waals surface area contributed by atoms with E-state index in [1.807, 2.05) is 12.1 Å². The first-order valence-corrected chi connectivity index (χ1v) is 7.67. The molecular weight excluding hydrogens is 260 g/mol. The van der Waals surface area contributed by atoms with Crippen molar-refractivity contribution in [1.82, 2.24) is 4.90 Å². The fourth-order valence-corrected chi connectivity index (χ4v) is 4.14. The van der Waals surface area contributed by atoms with Crippen LogP contribution in [0.4, 0.5) is 0 Å². The number of thiocarbonyl (C=S) groups is 1. The highest BCUT2D eigenvalue weighted by molar-refractivity contribution is 8.00. The van der Waals surface area contributed by atoms with Gasteiger partial charge in [0, 0.05) is 35.7 Å². The Hall–Kier alpha value is -0.580. The van der Waals surface area contributed by atoms with Crippen molar-refractivity contribution in [3.05, 3.63) is 35.4 Å². The molecule has 4 heteroatoms. The molecule has 1 aromatic rings. The van der Waals surface area contributed by atoms with Gasteiger partial charge in [0.25, 0.3) is 0 Å². The van der Waals surface area contributed by atoms with E-state index >= 15 is 0 Å². The second kappa shape index (κ2) is 6.04. The van der Waals surface area contributed by atoms with Gasteiger partial charge in [-0.3, -0.25) is 4.90 Å². The number of nitrogens with two attached hydrogens (primary N) is 1. The molecule has 2 atom stereocenters. The predicted molar refractivity (Wildman–Crippen MR) is 84.1 cm³/mol. The van der Waals surface area contributed by atoms with Crippen LogP contribution in [0.1, 0.15) is 25.0 Å². The molecule has 2 unspecified atom stereocenters. The third kappa shape index (κ3) is 3.46. The summed E-state index contributed by atoms with van der Waals surface area (Å²) in [5.74, 6) is 0. The van der Waals surface area contributed by atoms with Crippen LogP contribution in [0.2, 0.25) is 0 Å². The molecule has 1 saturated heterocycles. The van der Waals surface area contributed by atoms with Crippen LogP contribution in [-0.2, 0) is 6.54 Å². The minimum Gasteiger partial charge on any atom is -0.389 e. The van der Waals surface area contributed by atoms with Gasteiger partial charge in [0.1, 0.15) is 4.99 Å². The van der Waals surface area contributed by atoms with Crippen LogP contribution in [0.3, 0.4) is 0 Å². The highest BCUT2D eigenvalue weighted by Gasteiger charge is 2.22. The molecule has 1 aliphatic heterocycles. The lowest BCUT2D eigenvalue weighted by atomic mass is 10.1. The van der Waals surface area contributed by atoms with Crippen molar-refractivity contribution in [2.24, 2.45) is 5.73 Å². The van der Waals surface area contributed by atoms with Gasteiger partial charge in [0.05, 0.1) is 0 Å². The van der Waals surface area contributed by atoms with E-state index in [4.69, 9.17) is 18.0 Å². The number of hydrogen-bond donors (Lipinski definition) is 1. The first-order valence-electron chi connectivity index (χ1n) is 6.31. The van der Waals surface area contributed by atoms with E-state index < -0.39 is 0 Å². The van der Waals surface area contributed by atoms with Crippen LogP contribution < -0.4 is 5.73 Å². The quantitative estimate of drug-likeness (QED) is 0.862. The average Bonchev–Trinajstić information content (AvgIpc) is 2.27. The van der Waals surface area contributed by atoms with E-state index in [-0.39, 0.29) is 0 Å². The van der Waals surface area contributed by atoms with Gasteiger partial charge in [-0.15, -0.1) is 0 Å². The van der Waals surface area contributed by atoms with Crippen LogP contribution in [0.15, 0.2) is 24.3 Å². The largest absolute Gasteiger partial charge is 0.389 e. The summed E-state index contributed by atoms with van der Waals surface area (Å²) in [6.07, 6.45) is 0. The molecule has 2 rings (SSSR count).